The molecule has 1 aliphatic heterocycles. The molecule has 0 aliphatic carbocycles. The number of nitrogens with one attached hydrogen (secondary N) is 1. The van der Waals surface area contributed by atoms with Crippen LogP contribution in [0, 0.1) is 6.92 Å². The molecule has 1 fully saturated rings. The number of piperidine rings is 1. The number of hydrogen-bond acceptors (Lipinski definition) is 2. The minimum Gasteiger partial charge on any atom is -0.381 e. The van der Waals surface area contributed by atoms with Gasteiger partial charge in [0.05, 0.1) is 6.10 Å². The van der Waals surface area contributed by atoms with E-state index in [0.29, 0.717) is 12.1 Å². The minimum absolute atomic E-state index is 0.413. The van der Waals surface area contributed by atoms with E-state index in [0.717, 1.165) is 19.4 Å². The van der Waals surface area contributed by atoms with E-state index >= 15 is 0 Å². The number of aryl methyl sites for hydroxylation is 1. The molecule has 2 nitrogen and oxygen atoms in total. The molecule has 0 spiro atoms. The van der Waals surface area contributed by atoms with Crippen LogP contribution >= 0.6 is 0 Å². The Kier molecular flexibility index (Phi) is 3.39. The van der Waals surface area contributed by atoms with Crippen LogP contribution in [0.5, 0.6) is 0 Å². The summed E-state index contributed by atoms with van der Waals surface area (Å²) < 4.78 is 5.44. The predicted octanol–water partition coefficient (Wildman–Crippen LogP) is 2.43. The SMILES string of the molecule is COC1CCNC(c2ccccc2C)C1. The first kappa shape index (κ1) is 10.7. The molecule has 1 N–H and O–H groups in total. The van der Waals surface area contributed by atoms with Gasteiger partial charge in [-0.25, -0.2) is 0 Å². The van der Waals surface area contributed by atoms with Crippen LogP contribution in [0.4, 0.5) is 0 Å². The van der Waals surface area contributed by atoms with Crippen molar-refractivity contribution in [2.75, 3.05) is 13.7 Å². The van der Waals surface area contributed by atoms with E-state index in [2.05, 4.69) is 36.5 Å². The molecule has 2 rings (SSSR count). The molecule has 0 radical (unpaired) electrons. The second kappa shape index (κ2) is 4.77. The molecule has 1 heterocycles. The Morgan fingerprint density at radius 2 is 2.13 bits per heavy atom. The third-order valence-electron chi connectivity index (χ3n) is 3.25. The topological polar surface area (TPSA) is 21.3 Å². The van der Waals surface area contributed by atoms with Crippen molar-refractivity contribution in [2.45, 2.75) is 31.9 Å². The van der Waals surface area contributed by atoms with Crippen molar-refractivity contribution < 1.29 is 4.74 Å². The Morgan fingerprint density at radius 1 is 1.33 bits per heavy atom. The van der Waals surface area contributed by atoms with E-state index < -0.39 is 0 Å². The number of ether oxygens (including phenoxy) is 1. The first-order chi connectivity index (χ1) is 7.31. The number of hydrogen-bond donors (Lipinski definition) is 1. The maximum atomic E-state index is 5.44. The van der Waals surface area contributed by atoms with Gasteiger partial charge in [-0.2, -0.15) is 0 Å². The van der Waals surface area contributed by atoms with E-state index in [4.69, 9.17) is 4.74 Å². The van der Waals surface area contributed by atoms with Crippen LogP contribution in [0.15, 0.2) is 24.3 Å². The summed E-state index contributed by atoms with van der Waals surface area (Å²) in [6.45, 7) is 3.23. The molecule has 1 aromatic carbocycles. The molecule has 0 amide bonds. The van der Waals surface area contributed by atoms with E-state index in [9.17, 15) is 0 Å². The molecule has 2 heteroatoms. The van der Waals surface area contributed by atoms with Crippen LogP contribution in [0.2, 0.25) is 0 Å². The van der Waals surface area contributed by atoms with Gasteiger partial charge in [0.15, 0.2) is 0 Å². The minimum atomic E-state index is 0.413. The molecule has 1 aliphatic rings. The highest BCUT2D eigenvalue weighted by Gasteiger charge is 2.22. The molecule has 0 saturated carbocycles. The van der Waals surface area contributed by atoms with E-state index in [1.54, 1.807) is 0 Å². The van der Waals surface area contributed by atoms with Crippen LogP contribution < -0.4 is 5.32 Å². The first-order valence-corrected chi connectivity index (χ1v) is 5.63. The summed E-state index contributed by atoms with van der Waals surface area (Å²) in [6.07, 6.45) is 2.62. The lowest BCUT2D eigenvalue weighted by atomic mass is 9.93. The average Bonchev–Trinajstić information content (AvgIpc) is 2.30. The fourth-order valence-corrected chi connectivity index (χ4v) is 2.31. The molecule has 15 heavy (non-hydrogen) atoms. The standard InChI is InChI=1S/C13H19NO/c1-10-5-3-4-6-12(10)13-9-11(15-2)7-8-14-13/h3-6,11,13-14H,7-9H2,1-2H3. The van der Waals surface area contributed by atoms with Crippen molar-refractivity contribution in [2.24, 2.45) is 0 Å². The van der Waals surface area contributed by atoms with E-state index in [-0.39, 0.29) is 0 Å². The second-order valence-electron chi connectivity index (χ2n) is 4.25. The molecule has 2 atom stereocenters. The summed E-state index contributed by atoms with van der Waals surface area (Å²) in [4.78, 5) is 0. The van der Waals surface area contributed by atoms with E-state index in [1.165, 1.54) is 11.1 Å². The Balaban J connectivity index is 2.13. The molecule has 0 aromatic heterocycles. The fraction of sp³-hybridized carbons (Fsp3) is 0.538. The highest BCUT2D eigenvalue weighted by Crippen LogP contribution is 2.26. The normalized spacial score (nSPS) is 26.5. The lowest BCUT2D eigenvalue weighted by molar-refractivity contribution is 0.0619. The van der Waals surface area contributed by atoms with Crippen molar-refractivity contribution in [3.05, 3.63) is 35.4 Å². The van der Waals surface area contributed by atoms with Gasteiger partial charge < -0.3 is 10.1 Å². The Hall–Kier alpha value is -0.860. The number of methoxy groups -OCH3 is 1. The van der Waals surface area contributed by atoms with Crippen LogP contribution in [0.25, 0.3) is 0 Å². The summed E-state index contributed by atoms with van der Waals surface area (Å²) in [6, 6.07) is 9.05. The smallest absolute Gasteiger partial charge is 0.0601 e. The molecular weight excluding hydrogens is 186 g/mol. The van der Waals surface area contributed by atoms with Gasteiger partial charge in [-0.05, 0) is 37.4 Å². The Bertz CT molecular complexity index is 324. The lowest BCUT2D eigenvalue weighted by Crippen LogP contribution is -2.35. The Morgan fingerprint density at radius 3 is 2.87 bits per heavy atom. The number of rotatable bonds is 2. The van der Waals surface area contributed by atoms with Crippen LogP contribution in [0.3, 0.4) is 0 Å². The quantitative estimate of drug-likeness (QED) is 0.800. The molecular formula is C13H19NO. The zero-order valence-electron chi connectivity index (χ0n) is 9.49. The largest absolute Gasteiger partial charge is 0.381 e. The molecule has 2 unspecified atom stereocenters. The van der Waals surface area contributed by atoms with E-state index in [1.807, 2.05) is 7.11 Å². The Labute approximate surface area is 91.6 Å². The van der Waals surface area contributed by atoms with Crippen molar-refractivity contribution >= 4 is 0 Å². The fourth-order valence-electron chi connectivity index (χ4n) is 2.31. The highest BCUT2D eigenvalue weighted by molar-refractivity contribution is 5.29. The van der Waals surface area contributed by atoms with Crippen molar-refractivity contribution in [3.8, 4) is 0 Å². The van der Waals surface area contributed by atoms with Crippen LogP contribution in [-0.4, -0.2) is 19.8 Å². The van der Waals surface area contributed by atoms with Crippen molar-refractivity contribution in [3.63, 3.8) is 0 Å². The van der Waals surface area contributed by atoms with Gasteiger partial charge in [-0.15, -0.1) is 0 Å². The molecule has 1 saturated heterocycles. The maximum absolute atomic E-state index is 5.44. The van der Waals surface area contributed by atoms with Crippen molar-refractivity contribution in [1.82, 2.24) is 5.32 Å². The number of benzene rings is 1. The van der Waals surface area contributed by atoms with Crippen LogP contribution in [0.1, 0.15) is 30.0 Å². The van der Waals surface area contributed by atoms with Gasteiger partial charge in [0.25, 0.3) is 0 Å². The third kappa shape index (κ3) is 2.39. The average molecular weight is 205 g/mol. The summed E-state index contributed by atoms with van der Waals surface area (Å²) in [5.74, 6) is 0. The maximum Gasteiger partial charge on any atom is 0.0601 e. The van der Waals surface area contributed by atoms with Gasteiger partial charge in [0.2, 0.25) is 0 Å². The zero-order valence-corrected chi connectivity index (χ0v) is 9.49. The summed E-state index contributed by atoms with van der Waals surface area (Å²) in [5, 5.41) is 3.56. The van der Waals surface area contributed by atoms with Gasteiger partial charge >= 0.3 is 0 Å². The predicted molar refractivity (Wildman–Crippen MR) is 62.0 cm³/mol. The lowest BCUT2D eigenvalue weighted by Gasteiger charge is -2.30. The highest BCUT2D eigenvalue weighted by atomic mass is 16.5. The molecule has 1 aromatic rings. The second-order valence-corrected chi connectivity index (χ2v) is 4.25. The molecule has 0 bridgehead atoms. The van der Waals surface area contributed by atoms with Crippen LogP contribution in [-0.2, 0) is 4.74 Å². The van der Waals surface area contributed by atoms with Gasteiger partial charge in [0, 0.05) is 13.2 Å². The van der Waals surface area contributed by atoms with Gasteiger partial charge in [-0.3, -0.25) is 0 Å². The van der Waals surface area contributed by atoms with Crippen molar-refractivity contribution in [1.29, 1.82) is 0 Å². The third-order valence-corrected chi connectivity index (χ3v) is 3.25. The summed E-state index contributed by atoms with van der Waals surface area (Å²) in [7, 11) is 1.81. The first-order valence-electron chi connectivity index (χ1n) is 5.63. The zero-order chi connectivity index (χ0) is 10.7. The van der Waals surface area contributed by atoms with Gasteiger partial charge in [0.1, 0.15) is 0 Å². The van der Waals surface area contributed by atoms with Gasteiger partial charge in [-0.1, -0.05) is 24.3 Å². The monoisotopic (exact) mass is 205 g/mol. The summed E-state index contributed by atoms with van der Waals surface area (Å²) >= 11 is 0. The molecule has 82 valence electrons. The summed E-state index contributed by atoms with van der Waals surface area (Å²) in [5.41, 5.74) is 2.78.